The average Bonchev–Trinajstić information content (AvgIpc) is 3.24. The number of anilines is 5. The molecule has 1 fully saturated rings. The minimum atomic E-state index is -2.74. The number of halogens is 3. The van der Waals surface area contributed by atoms with Gasteiger partial charge in [0.25, 0.3) is 5.91 Å². The van der Waals surface area contributed by atoms with Gasteiger partial charge in [0.2, 0.25) is 17.6 Å². The van der Waals surface area contributed by atoms with E-state index in [1.807, 2.05) is 0 Å². The molecule has 1 aliphatic carbocycles. The summed E-state index contributed by atoms with van der Waals surface area (Å²) >= 11 is 0. The van der Waals surface area contributed by atoms with Crippen molar-refractivity contribution in [3.8, 4) is 6.07 Å². The molecule has 210 valence electrons. The number of aromatic nitrogens is 2. The third kappa shape index (κ3) is 4.66. The summed E-state index contributed by atoms with van der Waals surface area (Å²) in [5.41, 5.74) is 2.72. The van der Waals surface area contributed by atoms with Crippen LogP contribution in [0.4, 0.5) is 47.7 Å². The summed E-state index contributed by atoms with van der Waals surface area (Å²) in [6.07, 6.45) is 2.94. The van der Waals surface area contributed by atoms with Gasteiger partial charge in [-0.15, -0.1) is 0 Å². The van der Waals surface area contributed by atoms with Crippen molar-refractivity contribution in [2.24, 2.45) is 5.10 Å². The number of nitrogens with one attached hydrogen (secondary N) is 1. The largest absolute Gasteiger partial charge is 0.340 e. The number of benzene rings is 2. The molecule has 12 heteroatoms. The molecule has 2 aliphatic heterocycles. The third-order valence-electron chi connectivity index (χ3n) is 7.93. The summed E-state index contributed by atoms with van der Waals surface area (Å²) in [5, 5.41) is 16.8. The van der Waals surface area contributed by atoms with Crippen LogP contribution < -0.4 is 19.7 Å². The van der Waals surface area contributed by atoms with Gasteiger partial charge in [-0.1, -0.05) is 11.2 Å². The van der Waals surface area contributed by atoms with Crippen molar-refractivity contribution in [2.75, 3.05) is 29.2 Å². The molecule has 1 aromatic heterocycles. The van der Waals surface area contributed by atoms with E-state index < -0.39 is 17.8 Å². The van der Waals surface area contributed by atoms with Crippen LogP contribution in [0.25, 0.3) is 0 Å². The number of hydrogen-bond acceptors (Lipinski definition) is 7. The molecule has 0 radical (unpaired) electrons. The van der Waals surface area contributed by atoms with Crippen LogP contribution in [0.5, 0.6) is 0 Å². The molecular formula is C29H28F3N8O+. The number of fused-ring (bicyclic) bond motifs is 2. The Bertz CT molecular complexity index is 1620. The van der Waals surface area contributed by atoms with Crippen LogP contribution in [0.1, 0.15) is 43.7 Å². The van der Waals surface area contributed by atoms with Gasteiger partial charge in [0.15, 0.2) is 11.6 Å². The first-order valence-corrected chi connectivity index (χ1v) is 13.4. The maximum absolute atomic E-state index is 15.1. The molecule has 1 amide bonds. The topological polar surface area (TPSA) is 97.5 Å². The van der Waals surface area contributed by atoms with Gasteiger partial charge in [0, 0.05) is 30.6 Å². The van der Waals surface area contributed by atoms with E-state index in [0.717, 1.165) is 0 Å². The molecule has 2 aromatic carbocycles. The second-order valence-corrected chi connectivity index (χ2v) is 11.1. The molecule has 0 bridgehead atoms. The van der Waals surface area contributed by atoms with Crippen molar-refractivity contribution in [3.05, 3.63) is 59.5 Å². The summed E-state index contributed by atoms with van der Waals surface area (Å²) in [4.78, 5) is 26.2. The molecule has 1 N–H and O–H groups in total. The van der Waals surface area contributed by atoms with Gasteiger partial charge in [-0.3, -0.25) is 9.69 Å². The number of hydrogen-bond donors (Lipinski definition) is 1. The summed E-state index contributed by atoms with van der Waals surface area (Å²) < 4.78 is 43.2. The highest BCUT2D eigenvalue weighted by atomic mass is 19.3. The molecule has 0 saturated heterocycles. The van der Waals surface area contributed by atoms with Crippen molar-refractivity contribution in [2.45, 2.75) is 50.6 Å². The highest BCUT2D eigenvalue weighted by Gasteiger charge is 2.45. The summed E-state index contributed by atoms with van der Waals surface area (Å²) in [6, 6.07) is 10.8. The van der Waals surface area contributed by atoms with Crippen LogP contribution in [0, 0.1) is 17.1 Å². The fraction of sp³-hybridized carbons (Fsp3) is 0.345. The van der Waals surface area contributed by atoms with Crippen molar-refractivity contribution < 1.29 is 18.0 Å². The number of rotatable bonds is 4. The number of carbonyl (C=O) groups excluding carboxylic acids is 1. The second-order valence-electron chi connectivity index (χ2n) is 11.1. The van der Waals surface area contributed by atoms with Crippen LogP contribution >= 0.6 is 0 Å². The van der Waals surface area contributed by atoms with E-state index in [9.17, 15) is 18.8 Å². The quantitative estimate of drug-likeness (QED) is 0.417. The monoisotopic (exact) mass is 561 g/mol. The van der Waals surface area contributed by atoms with Crippen molar-refractivity contribution >= 4 is 46.6 Å². The zero-order valence-corrected chi connectivity index (χ0v) is 22.8. The average molecular weight is 562 g/mol. The van der Waals surface area contributed by atoms with E-state index in [2.05, 4.69) is 21.5 Å². The predicted octanol–water partition coefficient (Wildman–Crippen LogP) is 5.60. The maximum atomic E-state index is 15.1. The van der Waals surface area contributed by atoms with E-state index in [1.165, 1.54) is 17.2 Å². The van der Waals surface area contributed by atoms with Crippen LogP contribution in [0.2, 0.25) is 0 Å². The minimum Gasteiger partial charge on any atom is -0.340 e. The Balaban J connectivity index is 1.42. The first-order chi connectivity index (χ1) is 19.5. The van der Waals surface area contributed by atoms with Gasteiger partial charge in [0.05, 0.1) is 49.4 Å². The van der Waals surface area contributed by atoms with Gasteiger partial charge in [-0.25, -0.2) is 18.2 Å². The first-order valence-electron chi connectivity index (χ1n) is 13.4. The van der Waals surface area contributed by atoms with E-state index in [-0.39, 0.29) is 48.2 Å². The lowest BCUT2D eigenvalue weighted by molar-refractivity contribution is -0.119. The normalized spacial score (nSPS) is 20.9. The van der Waals surface area contributed by atoms with Crippen LogP contribution in [-0.2, 0) is 4.79 Å². The molecule has 3 aliphatic rings. The molecule has 0 spiro atoms. The first kappa shape index (κ1) is 26.7. The van der Waals surface area contributed by atoms with Gasteiger partial charge >= 0.3 is 0 Å². The number of nitrogens with zero attached hydrogens (tertiary/aromatic N) is 7. The van der Waals surface area contributed by atoms with Gasteiger partial charge in [-0.05, 0) is 44.0 Å². The molecule has 3 heterocycles. The Labute approximate surface area is 235 Å². The lowest BCUT2D eigenvalue weighted by Gasteiger charge is -2.46. The molecule has 1 unspecified atom stereocenters. The Hall–Kier alpha value is -4.50. The number of nitriles is 1. The standard InChI is InChI=1S/C29H28F3N8O/c1-17-27(41)39(22-6-4-5-18(11-22)14-33)24-16-34-28(37-26(24)38(17)21-7-9-29(31,32)10-8-21)36-20-12-19-15-35-40(2,3)25(19)23(30)13-20/h4-6,11-13,15-17,21H,7-10H2,1-3H3,(H,34,36,37)/q+1. The highest BCUT2D eigenvalue weighted by Crippen LogP contribution is 2.44. The lowest BCUT2D eigenvalue weighted by Crippen LogP contribution is -2.56. The molecule has 41 heavy (non-hydrogen) atoms. The maximum Gasteiger partial charge on any atom is 0.254 e. The smallest absolute Gasteiger partial charge is 0.254 e. The molecule has 9 nitrogen and oxygen atoms in total. The van der Waals surface area contributed by atoms with E-state index in [0.29, 0.717) is 39.7 Å². The van der Waals surface area contributed by atoms with Crippen LogP contribution in [-0.4, -0.2) is 54.2 Å². The Morgan fingerprint density at radius 3 is 2.66 bits per heavy atom. The van der Waals surface area contributed by atoms with Gasteiger partial charge in [-0.2, -0.15) is 14.8 Å². The molecule has 3 aromatic rings. The Morgan fingerprint density at radius 1 is 1.17 bits per heavy atom. The van der Waals surface area contributed by atoms with Crippen LogP contribution in [0.3, 0.4) is 0 Å². The summed E-state index contributed by atoms with van der Waals surface area (Å²) in [5.74, 6) is -2.90. The molecule has 1 atom stereocenters. The number of alkyl halides is 2. The lowest BCUT2D eigenvalue weighted by atomic mass is 9.89. The zero-order valence-electron chi connectivity index (χ0n) is 22.8. The van der Waals surface area contributed by atoms with Crippen LogP contribution in [0.15, 0.2) is 47.7 Å². The van der Waals surface area contributed by atoms with E-state index in [1.54, 1.807) is 62.5 Å². The third-order valence-corrected chi connectivity index (χ3v) is 7.93. The van der Waals surface area contributed by atoms with Crippen molar-refractivity contribution in [1.82, 2.24) is 14.6 Å². The fourth-order valence-corrected chi connectivity index (χ4v) is 5.92. The Kier molecular flexibility index (Phi) is 6.22. The molecule has 6 rings (SSSR count). The van der Waals surface area contributed by atoms with Crippen molar-refractivity contribution in [1.29, 1.82) is 5.26 Å². The number of quaternary nitrogens is 1. The Morgan fingerprint density at radius 2 is 1.93 bits per heavy atom. The molecule has 1 saturated carbocycles. The predicted molar refractivity (Wildman–Crippen MR) is 150 cm³/mol. The van der Waals surface area contributed by atoms with Gasteiger partial charge in [0.1, 0.15) is 11.7 Å². The van der Waals surface area contributed by atoms with E-state index >= 15 is 4.39 Å². The second kappa shape index (κ2) is 9.55. The number of carbonyl (C=O) groups is 1. The minimum absolute atomic E-state index is 0.0426. The zero-order chi connectivity index (χ0) is 29.1. The summed E-state index contributed by atoms with van der Waals surface area (Å²) in [6.45, 7) is 1.73. The highest BCUT2D eigenvalue weighted by molar-refractivity contribution is 6.10. The molecular weight excluding hydrogens is 533 g/mol. The van der Waals surface area contributed by atoms with Gasteiger partial charge < -0.3 is 10.2 Å². The summed E-state index contributed by atoms with van der Waals surface area (Å²) in [7, 11) is 3.56. The number of amides is 1. The van der Waals surface area contributed by atoms with E-state index in [4.69, 9.17) is 4.98 Å². The van der Waals surface area contributed by atoms with Crippen molar-refractivity contribution in [3.63, 3.8) is 0 Å². The SMILES string of the molecule is CC1C(=O)N(c2cccc(C#N)c2)c2cnc(Nc3cc(F)c4c(c3)C=N[N+]4(C)C)nc2N1C1CCC(F)(F)CC1. The fourth-order valence-electron chi connectivity index (χ4n) is 5.92.